The van der Waals surface area contributed by atoms with Crippen molar-refractivity contribution in [1.29, 1.82) is 0 Å². The molecule has 1 saturated heterocycles. The minimum atomic E-state index is 0.273. The third-order valence-corrected chi connectivity index (χ3v) is 4.68. The van der Waals surface area contributed by atoms with E-state index >= 15 is 0 Å². The average Bonchev–Trinajstić information content (AvgIpc) is 2.42. The summed E-state index contributed by atoms with van der Waals surface area (Å²) < 4.78 is 0. The second kappa shape index (κ2) is 3.80. The van der Waals surface area contributed by atoms with Crippen molar-refractivity contribution in [2.75, 3.05) is 0 Å². The van der Waals surface area contributed by atoms with Crippen molar-refractivity contribution in [2.45, 2.75) is 58.9 Å². The van der Waals surface area contributed by atoms with Gasteiger partial charge in [-0.1, -0.05) is 26.7 Å². The third kappa shape index (κ3) is 1.68. The van der Waals surface area contributed by atoms with Crippen LogP contribution in [0.25, 0.3) is 0 Å². The maximum Gasteiger partial charge on any atom is 0.220 e. The van der Waals surface area contributed by atoms with E-state index in [1.807, 2.05) is 0 Å². The van der Waals surface area contributed by atoms with Gasteiger partial charge >= 0.3 is 0 Å². The molecule has 1 spiro atoms. The standard InChI is InChI=1S/C13H23NO/c1-9(2)11-6-4-5-7-13(11)8-12(15)14-10(13)3/h9-11H,4-8H2,1-3H3,(H,14,15). The lowest BCUT2D eigenvalue weighted by molar-refractivity contribution is -0.120. The van der Waals surface area contributed by atoms with E-state index in [0.717, 1.165) is 12.3 Å². The van der Waals surface area contributed by atoms with Crippen molar-refractivity contribution >= 4 is 5.91 Å². The second-order valence-electron chi connectivity index (χ2n) is 5.80. The number of amides is 1. The van der Waals surface area contributed by atoms with Crippen LogP contribution in [0, 0.1) is 17.3 Å². The molecule has 1 N–H and O–H groups in total. The summed E-state index contributed by atoms with van der Waals surface area (Å²) in [5, 5.41) is 3.12. The molecule has 0 bridgehead atoms. The highest BCUT2D eigenvalue weighted by molar-refractivity contribution is 5.80. The van der Waals surface area contributed by atoms with E-state index in [-0.39, 0.29) is 11.3 Å². The zero-order valence-electron chi connectivity index (χ0n) is 10.2. The van der Waals surface area contributed by atoms with Crippen LogP contribution in [0.4, 0.5) is 0 Å². The Kier molecular flexibility index (Phi) is 2.78. The van der Waals surface area contributed by atoms with Crippen molar-refractivity contribution in [1.82, 2.24) is 5.32 Å². The highest BCUT2D eigenvalue weighted by Gasteiger charge is 2.51. The normalized spacial score (nSPS) is 41.2. The Labute approximate surface area is 92.8 Å². The molecule has 0 aromatic carbocycles. The van der Waals surface area contributed by atoms with E-state index < -0.39 is 0 Å². The van der Waals surface area contributed by atoms with Gasteiger partial charge in [-0.05, 0) is 31.6 Å². The molecular formula is C13H23NO. The molecule has 2 rings (SSSR count). The number of nitrogens with one attached hydrogen (secondary N) is 1. The molecule has 2 fully saturated rings. The molecule has 3 atom stereocenters. The topological polar surface area (TPSA) is 29.1 Å². The Balaban J connectivity index is 2.25. The lowest BCUT2D eigenvalue weighted by atomic mass is 9.59. The molecule has 1 heterocycles. The fourth-order valence-corrected chi connectivity index (χ4v) is 3.93. The number of carbonyl (C=O) groups excluding carboxylic acids is 1. The third-order valence-electron chi connectivity index (χ3n) is 4.68. The molecule has 0 aromatic heterocycles. The molecule has 2 nitrogen and oxygen atoms in total. The van der Waals surface area contributed by atoms with E-state index in [2.05, 4.69) is 26.1 Å². The Morgan fingerprint density at radius 1 is 1.40 bits per heavy atom. The van der Waals surface area contributed by atoms with E-state index in [4.69, 9.17) is 0 Å². The summed E-state index contributed by atoms with van der Waals surface area (Å²) in [6.07, 6.45) is 6.00. The van der Waals surface area contributed by atoms with Crippen LogP contribution in [0.2, 0.25) is 0 Å². The van der Waals surface area contributed by atoms with Gasteiger partial charge in [0, 0.05) is 17.9 Å². The summed E-state index contributed by atoms with van der Waals surface area (Å²) >= 11 is 0. The summed E-state index contributed by atoms with van der Waals surface area (Å²) in [4.78, 5) is 11.6. The largest absolute Gasteiger partial charge is 0.353 e. The van der Waals surface area contributed by atoms with Crippen molar-refractivity contribution in [2.24, 2.45) is 17.3 Å². The zero-order chi connectivity index (χ0) is 11.1. The zero-order valence-corrected chi connectivity index (χ0v) is 10.2. The summed E-state index contributed by atoms with van der Waals surface area (Å²) in [6.45, 7) is 6.83. The SMILES string of the molecule is CC(C)C1CCCCC12CC(=O)NC2C. The van der Waals surface area contributed by atoms with Gasteiger partial charge in [-0.3, -0.25) is 4.79 Å². The smallest absolute Gasteiger partial charge is 0.220 e. The van der Waals surface area contributed by atoms with Crippen LogP contribution in [0.3, 0.4) is 0 Å². The van der Waals surface area contributed by atoms with E-state index in [0.29, 0.717) is 12.0 Å². The van der Waals surface area contributed by atoms with Gasteiger partial charge in [0.05, 0.1) is 0 Å². The van der Waals surface area contributed by atoms with Crippen molar-refractivity contribution in [3.63, 3.8) is 0 Å². The Morgan fingerprint density at radius 3 is 2.67 bits per heavy atom. The predicted molar refractivity (Wildman–Crippen MR) is 61.5 cm³/mol. The van der Waals surface area contributed by atoms with E-state index in [1.165, 1.54) is 25.7 Å². The minimum absolute atomic E-state index is 0.273. The van der Waals surface area contributed by atoms with Crippen molar-refractivity contribution in [3.05, 3.63) is 0 Å². The number of rotatable bonds is 1. The molecule has 1 aliphatic carbocycles. The lowest BCUT2D eigenvalue weighted by Gasteiger charge is -2.45. The van der Waals surface area contributed by atoms with Gasteiger partial charge in [-0.2, -0.15) is 0 Å². The average molecular weight is 209 g/mol. The van der Waals surface area contributed by atoms with Crippen molar-refractivity contribution < 1.29 is 4.79 Å². The van der Waals surface area contributed by atoms with Gasteiger partial charge in [0.25, 0.3) is 0 Å². The van der Waals surface area contributed by atoms with Gasteiger partial charge in [0.15, 0.2) is 0 Å². The molecule has 86 valence electrons. The van der Waals surface area contributed by atoms with E-state index in [9.17, 15) is 4.79 Å². The second-order valence-corrected chi connectivity index (χ2v) is 5.80. The molecule has 2 aliphatic rings. The van der Waals surface area contributed by atoms with Crippen LogP contribution >= 0.6 is 0 Å². The predicted octanol–water partition coefficient (Wildman–Crippen LogP) is 2.73. The van der Waals surface area contributed by atoms with E-state index in [1.54, 1.807) is 0 Å². The molecule has 1 amide bonds. The molecule has 3 unspecified atom stereocenters. The monoisotopic (exact) mass is 209 g/mol. The van der Waals surface area contributed by atoms with Crippen LogP contribution in [-0.4, -0.2) is 11.9 Å². The summed E-state index contributed by atoms with van der Waals surface area (Å²) in [5.41, 5.74) is 0.281. The molecule has 0 radical (unpaired) electrons. The fourth-order valence-electron chi connectivity index (χ4n) is 3.93. The Morgan fingerprint density at radius 2 is 2.13 bits per heavy atom. The van der Waals surface area contributed by atoms with Crippen molar-refractivity contribution in [3.8, 4) is 0 Å². The Bertz CT molecular complexity index is 261. The van der Waals surface area contributed by atoms with Gasteiger partial charge in [-0.25, -0.2) is 0 Å². The van der Waals surface area contributed by atoms with Crippen LogP contribution in [0.5, 0.6) is 0 Å². The molecular weight excluding hydrogens is 186 g/mol. The molecule has 1 aliphatic heterocycles. The first-order valence-electron chi connectivity index (χ1n) is 6.35. The van der Waals surface area contributed by atoms with Crippen LogP contribution in [-0.2, 0) is 4.79 Å². The van der Waals surface area contributed by atoms with Gasteiger partial charge < -0.3 is 5.32 Å². The highest BCUT2D eigenvalue weighted by Crippen LogP contribution is 2.51. The summed E-state index contributed by atoms with van der Waals surface area (Å²) in [6, 6.07) is 0.387. The first kappa shape index (κ1) is 11.0. The molecule has 2 heteroatoms. The quantitative estimate of drug-likeness (QED) is 0.707. The summed E-state index contributed by atoms with van der Waals surface area (Å²) in [5.74, 6) is 1.72. The van der Waals surface area contributed by atoms with Crippen LogP contribution in [0.1, 0.15) is 52.9 Å². The minimum Gasteiger partial charge on any atom is -0.353 e. The first-order valence-corrected chi connectivity index (χ1v) is 6.35. The number of hydrogen-bond donors (Lipinski definition) is 1. The number of hydrogen-bond acceptors (Lipinski definition) is 1. The maximum absolute atomic E-state index is 11.6. The number of carbonyl (C=O) groups is 1. The lowest BCUT2D eigenvalue weighted by Crippen LogP contribution is -2.44. The van der Waals surface area contributed by atoms with Gasteiger partial charge in [-0.15, -0.1) is 0 Å². The fraction of sp³-hybridized carbons (Fsp3) is 0.923. The first-order chi connectivity index (χ1) is 7.06. The summed E-state index contributed by atoms with van der Waals surface area (Å²) in [7, 11) is 0. The van der Waals surface area contributed by atoms with Gasteiger partial charge in [0.2, 0.25) is 5.91 Å². The van der Waals surface area contributed by atoms with Gasteiger partial charge in [0.1, 0.15) is 0 Å². The molecule has 1 saturated carbocycles. The highest BCUT2D eigenvalue weighted by atomic mass is 16.2. The van der Waals surface area contributed by atoms with Crippen LogP contribution in [0.15, 0.2) is 0 Å². The molecule has 0 aromatic rings. The Hall–Kier alpha value is -0.530. The molecule has 15 heavy (non-hydrogen) atoms. The van der Waals surface area contributed by atoms with Crippen LogP contribution < -0.4 is 5.32 Å². The maximum atomic E-state index is 11.6.